The number of H-pyrrole nitrogens is 1. The largest absolute Gasteiger partial charge is 0.497 e. The summed E-state index contributed by atoms with van der Waals surface area (Å²) in [5.41, 5.74) is 4.00. The Bertz CT molecular complexity index is 896. The molecule has 26 heavy (non-hydrogen) atoms. The highest BCUT2D eigenvalue weighted by Gasteiger charge is 2.17. The van der Waals surface area contributed by atoms with E-state index in [2.05, 4.69) is 70.7 Å². The van der Waals surface area contributed by atoms with E-state index in [1.165, 1.54) is 28.5 Å². The molecule has 2 heterocycles. The van der Waals surface area contributed by atoms with Gasteiger partial charge in [0.25, 0.3) is 0 Å². The maximum absolute atomic E-state index is 5.37. The van der Waals surface area contributed by atoms with Crippen molar-refractivity contribution < 1.29 is 4.74 Å². The first-order valence-corrected chi connectivity index (χ1v) is 9.41. The second-order valence-electron chi connectivity index (χ2n) is 7.03. The summed E-state index contributed by atoms with van der Waals surface area (Å²) >= 11 is 0. The molecule has 1 aliphatic rings. The predicted molar refractivity (Wildman–Crippen MR) is 108 cm³/mol. The summed E-state index contributed by atoms with van der Waals surface area (Å²) in [6, 6.07) is 17.0. The fourth-order valence-corrected chi connectivity index (χ4v) is 3.89. The van der Waals surface area contributed by atoms with Crippen molar-refractivity contribution in [3.63, 3.8) is 0 Å². The van der Waals surface area contributed by atoms with E-state index in [9.17, 15) is 0 Å². The second kappa shape index (κ2) is 7.79. The number of fused-ring (bicyclic) bond motifs is 1. The van der Waals surface area contributed by atoms with Gasteiger partial charge in [0.15, 0.2) is 0 Å². The highest BCUT2D eigenvalue weighted by molar-refractivity contribution is 5.82. The molecule has 0 radical (unpaired) electrons. The van der Waals surface area contributed by atoms with Crippen LogP contribution in [0.2, 0.25) is 0 Å². The molecule has 0 aliphatic carbocycles. The third-order valence-electron chi connectivity index (χ3n) is 5.30. The van der Waals surface area contributed by atoms with E-state index in [4.69, 9.17) is 4.74 Å². The highest BCUT2D eigenvalue weighted by atomic mass is 16.5. The molecule has 0 amide bonds. The minimum Gasteiger partial charge on any atom is -0.497 e. The van der Waals surface area contributed by atoms with Crippen LogP contribution >= 0.6 is 0 Å². The molecule has 2 aromatic carbocycles. The molecule has 1 atom stereocenters. The number of aromatic nitrogens is 1. The first-order chi connectivity index (χ1) is 12.8. The van der Waals surface area contributed by atoms with Gasteiger partial charge in [-0.25, -0.2) is 0 Å². The molecular weight excluding hydrogens is 320 g/mol. The van der Waals surface area contributed by atoms with Crippen molar-refractivity contribution in [3.05, 3.63) is 78.0 Å². The van der Waals surface area contributed by atoms with Gasteiger partial charge in [-0.15, -0.1) is 0 Å². The maximum Gasteiger partial charge on any atom is 0.119 e. The standard InChI is InChI=1S/C23H26N2O/c1-26-21-10-4-7-18(15-21)20-9-6-14-25(17-20)13-5-8-19-16-24-23-12-3-2-11-22(19)23/h2-4,6-7,9-12,15-16,20,24H,5,8,13-14,17H2,1H3. The monoisotopic (exact) mass is 346 g/mol. The van der Waals surface area contributed by atoms with E-state index >= 15 is 0 Å². The Morgan fingerprint density at radius 2 is 2.08 bits per heavy atom. The van der Waals surface area contributed by atoms with Crippen LogP contribution in [0.4, 0.5) is 0 Å². The summed E-state index contributed by atoms with van der Waals surface area (Å²) in [7, 11) is 1.73. The number of nitrogens with zero attached hydrogens (tertiary/aromatic N) is 1. The fourth-order valence-electron chi connectivity index (χ4n) is 3.89. The highest BCUT2D eigenvalue weighted by Crippen LogP contribution is 2.26. The number of aryl methyl sites for hydroxylation is 1. The van der Waals surface area contributed by atoms with Crippen molar-refractivity contribution >= 4 is 10.9 Å². The van der Waals surface area contributed by atoms with E-state index in [1.54, 1.807) is 7.11 Å². The SMILES string of the molecule is COc1cccc(C2C=CCN(CCCc3c[nH]c4ccccc34)C2)c1. The van der Waals surface area contributed by atoms with Crippen LogP contribution in [0.25, 0.3) is 10.9 Å². The number of benzene rings is 2. The van der Waals surface area contributed by atoms with Gasteiger partial charge in [-0.05, 0) is 48.7 Å². The fraction of sp³-hybridized carbons (Fsp3) is 0.304. The topological polar surface area (TPSA) is 28.3 Å². The van der Waals surface area contributed by atoms with Gasteiger partial charge in [-0.3, -0.25) is 4.90 Å². The number of hydrogen-bond donors (Lipinski definition) is 1. The zero-order valence-electron chi connectivity index (χ0n) is 15.3. The molecule has 1 N–H and O–H groups in total. The minimum atomic E-state index is 0.451. The number of methoxy groups -OCH3 is 1. The van der Waals surface area contributed by atoms with Crippen LogP contribution in [-0.2, 0) is 6.42 Å². The maximum atomic E-state index is 5.37. The molecule has 3 nitrogen and oxygen atoms in total. The predicted octanol–water partition coefficient (Wildman–Crippen LogP) is 4.76. The smallest absolute Gasteiger partial charge is 0.119 e. The number of hydrogen-bond acceptors (Lipinski definition) is 2. The van der Waals surface area contributed by atoms with Crippen LogP contribution in [-0.4, -0.2) is 36.6 Å². The zero-order valence-corrected chi connectivity index (χ0v) is 15.3. The van der Waals surface area contributed by atoms with Crippen LogP contribution in [0.5, 0.6) is 5.75 Å². The van der Waals surface area contributed by atoms with Crippen LogP contribution in [0.15, 0.2) is 66.9 Å². The zero-order chi connectivity index (χ0) is 17.8. The number of aromatic amines is 1. The summed E-state index contributed by atoms with van der Waals surface area (Å²) in [5.74, 6) is 1.39. The lowest BCUT2D eigenvalue weighted by Crippen LogP contribution is -2.32. The van der Waals surface area contributed by atoms with Gasteiger partial charge in [-0.2, -0.15) is 0 Å². The third kappa shape index (κ3) is 3.68. The van der Waals surface area contributed by atoms with Gasteiger partial charge >= 0.3 is 0 Å². The Labute approximate surface area is 155 Å². The first kappa shape index (κ1) is 16.9. The summed E-state index contributed by atoms with van der Waals surface area (Å²) in [6.45, 7) is 3.26. The van der Waals surface area contributed by atoms with Gasteiger partial charge in [0.05, 0.1) is 7.11 Å². The Kier molecular flexibility index (Phi) is 5.07. The Balaban J connectivity index is 1.35. The second-order valence-corrected chi connectivity index (χ2v) is 7.03. The van der Waals surface area contributed by atoms with Gasteiger partial charge in [0.1, 0.15) is 5.75 Å². The van der Waals surface area contributed by atoms with Gasteiger partial charge in [0.2, 0.25) is 0 Å². The van der Waals surface area contributed by atoms with Gasteiger partial charge in [-0.1, -0.05) is 42.5 Å². The Hall–Kier alpha value is -2.52. The first-order valence-electron chi connectivity index (χ1n) is 9.41. The molecule has 0 bridgehead atoms. The van der Waals surface area contributed by atoms with Crippen molar-refractivity contribution in [1.82, 2.24) is 9.88 Å². The quantitative estimate of drug-likeness (QED) is 0.652. The van der Waals surface area contributed by atoms with Crippen molar-refractivity contribution in [2.45, 2.75) is 18.8 Å². The molecule has 134 valence electrons. The molecular formula is C23H26N2O. The van der Waals surface area contributed by atoms with Gasteiger partial charge < -0.3 is 9.72 Å². The van der Waals surface area contributed by atoms with E-state index in [1.807, 2.05) is 6.07 Å². The number of ether oxygens (including phenoxy) is 1. The molecule has 0 saturated heterocycles. The van der Waals surface area contributed by atoms with Crippen molar-refractivity contribution in [1.29, 1.82) is 0 Å². The average Bonchev–Trinajstić information content (AvgIpc) is 3.12. The van der Waals surface area contributed by atoms with E-state index in [0.717, 1.165) is 31.8 Å². The van der Waals surface area contributed by atoms with Crippen molar-refractivity contribution in [2.75, 3.05) is 26.7 Å². The number of para-hydroxylation sites is 1. The molecule has 4 rings (SSSR count). The van der Waals surface area contributed by atoms with Crippen molar-refractivity contribution in [2.24, 2.45) is 0 Å². The van der Waals surface area contributed by atoms with Crippen LogP contribution < -0.4 is 4.74 Å². The summed E-state index contributed by atoms with van der Waals surface area (Å²) < 4.78 is 5.37. The van der Waals surface area contributed by atoms with E-state index in [-0.39, 0.29) is 0 Å². The van der Waals surface area contributed by atoms with Gasteiger partial charge in [0, 0.05) is 36.1 Å². The molecule has 1 aromatic heterocycles. The molecule has 0 saturated carbocycles. The molecule has 1 aliphatic heterocycles. The Morgan fingerprint density at radius 1 is 1.15 bits per heavy atom. The number of nitrogens with one attached hydrogen (secondary N) is 1. The summed E-state index contributed by atoms with van der Waals surface area (Å²) in [5, 5.41) is 1.36. The lowest BCUT2D eigenvalue weighted by atomic mass is 9.95. The molecule has 0 fully saturated rings. The van der Waals surface area contributed by atoms with E-state index in [0.29, 0.717) is 5.92 Å². The molecule has 3 heteroatoms. The minimum absolute atomic E-state index is 0.451. The van der Waals surface area contributed by atoms with Crippen LogP contribution in [0, 0.1) is 0 Å². The molecule has 0 spiro atoms. The Morgan fingerprint density at radius 3 is 3.00 bits per heavy atom. The average molecular weight is 346 g/mol. The molecule has 1 unspecified atom stereocenters. The van der Waals surface area contributed by atoms with Crippen LogP contribution in [0.1, 0.15) is 23.5 Å². The van der Waals surface area contributed by atoms with Crippen molar-refractivity contribution in [3.8, 4) is 5.75 Å². The van der Waals surface area contributed by atoms with Crippen LogP contribution in [0.3, 0.4) is 0 Å². The lowest BCUT2D eigenvalue weighted by Gasteiger charge is -2.29. The normalized spacial score (nSPS) is 17.7. The van der Waals surface area contributed by atoms with E-state index < -0.39 is 0 Å². The summed E-state index contributed by atoms with van der Waals surface area (Å²) in [6.07, 6.45) is 9.11. The summed E-state index contributed by atoms with van der Waals surface area (Å²) in [4.78, 5) is 5.93. The molecule has 3 aromatic rings. The number of rotatable bonds is 6. The lowest BCUT2D eigenvalue weighted by molar-refractivity contribution is 0.280. The third-order valence-corrected chi connectivity index (χ3v) is 5.30.